The number of ether oxygens (including phenoxy) is 1. The summed E-state index contributed by atoms with van der Waals surface area (Å²) in [6, 6.07) is 4.88. The summed E-state index contributed by atoms with van der Waals surface area (Å²) in [5.74, 6) is 0.381. The minimum absolute atomic E-state index is 0.0426. The molecule has 1 aromatic rings. The van der Waals surface area contributed by atoms with Gasteiger partial charge in [-0.15, -0.1) is 0 Å². The molecule has 0 aromatic heterocycles. The van der Waals surface area contributed by atoms with Crippen LogP contribution in [0.5, 0.6) is 5.75 Å². The third-order valence-electron chi connectivity index (χ3n) is 2.96. The summed E-state index contributed by atoms with van der Waals surface area (Å²) >= 11 is 5.86. The lowest BCUT2D eigenvalue weighted by Gasteiger charge is -2.20. The van der Waals surface area contributed by atoms with Gasteiger partial charge in [-0.3, -0.25) is 0 Å². The predicted molar refractivity (Wildman–Crippen MR) is 81.1 cm³/mol. The Balaban J connectivity index is 2.77. The largest absolute Gasteiger partial charge is 0.492 e. The van der Waals surface area contributed by atoms with Crippen molar-refractivity contribution in [2.24, 2.45) is 0 Å². The number of hydrogen-bond donors (Lipinski definition) is 1. The molecule has 1 N–H and O–H groups in total. The van der Waals surface area contributed by atoms with Gasteiger partial charge in [0.2, 0.25) is 0 Å². The van der Waals surface area contributed by atoms with Crippen molar-refractivity contribution in [2.45, 2.75) is 38.5 Å². The van der Waals surface area contributed by atoms with E-state index >= 15 is 0 Å². The van der Waals surface area contributed by atoms with Crippen LogP contribution in [0.2, 0.25) is 5.02 Å². The number of aliphatic hydroxyl groups excluding tert-OH is 1. The van der Waals surface area contributed by atoms with Crippen LogP contribution < -0.4 is 4.74 Å². The van der Waals surface area contributed by atoms with E-state index in [1.807, 2.05) is 0 Å². The van der Waals surface area contributed by atoms with E-state index in [1.54, 1.807) is 45.9 Å². The lowest BCUT2D eigenvalue weighted by atomic mass is 10.1. The van der Waals surface area contributed by atoms with Gasteiger partial charge in [0.05, 0.1) is 16.6 Å². The van der Waals surface area contributed by atoms with Gasteiger partial charge in [0.15, 0.2) is 9.84 Å². The minimum Gasteiger partial charge on any atom is -0.492 e. The average molecular weight is 321 g/mol. The van der Waals surface area contributed by atoms with Gasteiger partial charge in [-0.05, 0) is 45.9 Å². The van der Waals surface area contributed by atoms with Crippen molar-refractivity contribution in [3.05, 3.63) is 28.8 Å². The molecule has 6 heteroatoms. The Morgan fingerprint density at radius 2 is 1.95 bits per heavy atom. The highest BCUT2D eigenvalue weighted by Crippen LogP contribution is 2.28. The van der Waals surface area contributed by atoms with Crippen LogP contribution in [0.3, 0.4) is 0 Å². The summed E-state index contributed by atoms with van der Waals surface area (Å²) in [5, 5.41) is 10.2. The number of aliphatic hydroxyl groups is 1. The smallest absolute Gasteiger partial charge is 0.158 e. The zero-order valence-corrected chi connectivity index (χ0v) is 13.8. The summed E-state index contributed by atoms with van der Waals surface area (Å²) in [7, 11) is -3.22. The van der Waals surface area contributed by atoms with Crippen molar-refractivity contribution in [1.82, 2.24) is 0 Å². The lowest BCUT2D eigenvalue weighted by molar-refractivity contribution is 0.192. The minimum atomic E-state index is -3.22. The molecule has 1 aromatic carbocycles. The molecule has 20 heavy (non-hydrogen) atoms. The third kappa shape index (κ3) is 4.36. The van der Waals surface area contributed by atoms with Crippen LogP contribution in [0.4, 0.5) is 0 Å². The second-order valence-electron chi connectivity index (χ2n) is 5.64. The molecule has 0 aliphatic carbocycles. The Labute approximate surface area is 125 Å². The molecule has 0 saturated carbocycles. The summed E-state index contributed by atoms with van der Waals surface area (Å²) in [4.78, 5) is 0. The van der Waals surface area contributed by atoms with Crippen molar-refractivity contribution in [2.75, 3.05) is 12.4 Å². The first kappa shape index (κ1) is 17.3. The normalized spacial score (nSPS) is 14.1. The Bertz CT molecular complexity index is 559. The highest BCUT2D eigenvalue weighted by Gasteiger charge is 2.28. The molecule has 0 heterocycles. The van der Waals surface area contributed by atoms with Gasteiger partial charge in [0, 0.05) is 10.6 Å². The molecule has 4 nitrogen and oxygen atoms in total. The topological polar surface area (TPSA) is 63.6 Å². The van der Waals surface area contributed by atoms with Gasteiger partial charge >= 0.3 is 0 Å². The monoisotopic (exact) mass is 320 g/mol. The van der Waals surface area contributed by atoms with E-state index in [9.17, 15) is 13.5 Å². The van der Waals surface area contributed by atoms with Gasteiger partial charge in [-0.25, -0.2) is 8.42 Å². The summed E-state index contributed by atoms with van der Waals surface area (Å²) in [6.45, 7) is 6.62. The molecule has 114 valence electrons. The van der Waals surface area contributed by atoms with Crippen molar-refractivity contribution in [3.8, 4) is 5.75 Å². The summed E-state index contributed by atoms with van der Waals surface area (Å²) in [5.41, 5.74) is 0.547. The SMILES string of the molecule is C[C@H](O)c1cc(Cl)ccc1OCCS(=O)(=O)C(C)(C)C. The zero-order chi connectivity index (χ0) is 15.6. The number of sulfone groups is 1. The molecule has 0 radical (unpaired) electrons. The Morgan fingerprint density at radius 1 is 1.35 bits per heavy atom. The van der Waals surface area contributed by atoms with Gasteiger partial charge in [0.1, 0.15) is 12.4 Å². The molecule has 0 amide bonds. The third-order valence-corrected chi connectivity index (χ3v) is 5.77. The summed E-state index contributed by atoms with van der Waals surface area (Å²) < 4.78 is 28.6. The second-order valence-corrected chi connectivity index (χ2v) is 8.94. The van der Waals surface area contributed by atoms with Gasteiger partial charge in [-0.1, -0.05) is 11.6 Å². The molecule has 0 unspecified atom stereocenters. The molecule has 0 spiro atoms. The first-order valence-electron chi connectivity index (χ1n) is 6.37. The highest BCUT2D eigenvalue weighted by molar-refractivity contribution is 7.92. The highest BCUT2D eigenvalue weighted by atomic mass is 35.5. The number of halogens is 1. The number of benzene rings is 1. The number of rotatable bonds is 5. The van der Waals surface area contributed by atoms with E-state index in [1.165, 1.54) is 0 Å². The van der Waals surface area contributed by atoms with Crippen LogP contribution in [0.1, 0.15) is 39.4 Å². The predicted octanol–water partition coefficient (Wildman–Crippen LogP) is 2.99. The van der Waals surface area contributed by atoms with E-state index in [-0.39, 0.29) is 12.4 Å². The maximum Gasteiger partial charge on any atom is 0.158 e. The van der Waals surface area contributed by atoms with E-state index in [0.29, 0.717) is 16.3 Å². The van der Waals surface area contributed by atoms with E-state index < -0.39 is 20.7 Å². The van der Waals surface area contributed by atoms with Crippen molar-refractivity contribution < 1.29 is 18.3 Å². The number of hydrogen-bond acceptors (Lipinski definition) is 4. The molecule has 1 rings (SSSR count). The Hall–Kier alpha value is -0.780. The first-order chi connectivity index (χ1) is 9.04. The fourth-order valence-electron chi connectivity index (χ4n) is 1.54. The van der Waals surface area contributed by atoms with Crippen molar-refractivity contribution >= 4 is 21.4 Å². The molecule has 0 fully saturated rings. The molecular formula is C14H21ClO4S. The van der Waals surface area contributed by atoms with Crippen LogP contribution in [0, 0.1) is 0 Å². The lowest BCUT2D eigenvalue weighted by Crippen LogP contribution is -2.32. The van der Waals surface area contributed by atoms with E-state index in [2.05, 4.69) is 0 Å². The van der Waals surface area contributed by atoms with E-state index in [0.717, 1.165) is 0 Å². The standard InChI is InChI=1S/C14H21ClO4S/c1-10(16)12-9-11(15)5-6-13(12)19-7-8-20(17,18)14(2,3)4/h5-6,9-10,16H,7-8H2,1-4H3/t10-/m0/s1. The summed E-state index contributed by atoms with van der Waals surface area (Å²) in [6.07, 6.45) is -0.733. The zero-order valence-electron chi connectivity index (χ0n) is 12.2. The Kier molecular flexibility index (Phi) is 5.46. The van der Waals surface area contributed by atoms with Crippen LogP contribution in [-0.2, 0) is 9.84 Å². The molecule has 0 saturated heterocycles. The Morgan fingerprint density at radius 3 is 2.45 bits per heavy atom. The van der Waals surface area contributed by atoms with Gasteiger partial charge < -0.3 is 9.84 Å². The van der Waals surface area contributed by atoms with Gasteiger partial charge in [-0.2, -0.15) is 0 Å². The maximum absolute atomic E-state index is 12.0. The maximum atomic E-state index is 12.0. The molecule has 1 atom stereocenters. The molecular weight excluding hydrogens is 300 g/mol. The average Bonchev–Trinajstić information content (AvgIpc) is 2.29. The van der Waals surface area contributed by atoms with Crippen LogP contribution in [0.25, 0.3) is 0 Å². The fraction of sp³-hybridized carbons (Fsp3) is 0.571. The second kappa shape index (κ2) is 6.33. The fourth-order valence-corrected chi connectivity index (χ4v) is 2.64. The van der Waals surface area contributed by atoms with Crippen molar-refractivity contribution in [1.29, 1.82) is 0 Å². The molecule has 0 aliphatic rings. The molecule has 0 bridgehead atoms. The van der Waals surface area contributed by atoms with Crippen LogP contribution >= 0.6 is 11.6 Å². The van der Waals surface area contributed by atoms with Crippen LogP contribution in [0.15, 0.2) is 18.2 Å². The van der Waals surface area contributed by atoms with Crippen molar-refractivity contribution in [3.63, 3.8) is 0 Å². The molecule has 0 aliphatic heterocycles. The van der Waals surface area contributed by atoms with E-state index in [4.69, 9.17) is 16.3 Å². The quantitative estimate of drug-likeness (QED) is 0.906. The van der Waals surface area contributed by atoms with Gasteiger partial charge in [0.25, 0.3) is 0 Å². The van der Waals surface area contributed by atoms with Crippen LogP contribution in [-0.4, -0.2) is 30.6 Å². The first-order valence-corrected chi connectivity index (χ1v) is 8.40.